The van der Waals surface area contributed by atoms with Crippen LogP contribution in [-0.4, -0.2) is 18.5 Å². The van der Waals surface area contributed by atoms with Crippen molar-refractivity contribution in [1.82, 2.24) is 0 Å². The Hall–Kier alpha value is -1.36. The van der Waals surface area contributed by atoms with Crippen molar-refractivity contribution in [1.29, 1.82) is 0 Å². The zero-order valence-corrected chi connectivity index (χ0v) is 11.3. The first-order chi connectivity index (χ1) is 8.02. The van der Waals surface area contributed by atoms with Crippen LogP contribution in [0.5, 0.6) is 0 Å². The lowest BCUT2D eigenvalue weighted by Gasteiger charge is -2.07. The Morgan fingerprint density at radius 2 is 2.12 bits per heavy atom. The molecule has 0 aliphatic rings. The average molecular weight is 300 g/mol. The number of rotatable bonds is 4. The van der Waals surface area contributed by atoms with E-state index >= 15 is 0 Å². The Labute approximate surface area is 108 Å². The molecule has 0 fully saturated rings. The first-order valence-corrected chi connectivity index (χ1v) is 6.04. The smallest absolute Gasteiger partial charge is 0.306 e. The van der Waals surface area contributed by atoms with Crippen LogP contribution in [0.25, 0.3) is 0 Å². The van der Waals surface area contributed by atoms with Crippen molar-refractivity contribution in [2.24, 2.45) is 0 Å². The van der Waals surface area contributed by atoms with Gasteiger partial charge in [-0.1, -0.05) is 28.9 Å². The fourth-order valence-corrected chi connectivity index (χ4v) is 1.49. The lowest BCUT2D eigenvalue weighted by atomic mass is 10.2. The van der Waals surface area contributed by atoms with E-state index in [1.165, 1.54) is 0 Å². The number of carbonyl (C=O) groups is 2. The number of ether oxygens (including phenoxy) is 1. The molecular formula is C12H14BrNO3. The second-order valence-electron chi connectivity index (χ2n) is 3.53. The van der Waals surface area contributed by atoms with E-state index in [1.807, 2.05) is 13.0 Å². The molecule has 0 radical (unpaired) electrons. The zero-order valence-electron chi connectivity index (χ0n) is 9.75. The second-order valence-corrected chi connectivity index (χ2v) is 4.38. The van der Waals surface area contributed by atoms with Crippen molar-refractivity contribution in [3.63, 3.8) is 0 Å². The Kier molecular flexibility index (Phi) is 5.15. The Morgan fingerprint density at radius 3 is 2.71 bits per heavy atom. The van der Waals surface area contributed by atoms with Crippen LogP contribution in [0.3, 0.4) is 0 Å². The molecule has 92 valence electrons. The number of esters is 1. The molecule has 0 heterocycles. The van der Waals surface area contributed by atoms with Gasteiger partial charge >= 0.3 is 5.97 Å². The van der Waals surface area contributed by atoms with E-state index < -0.39 is 0 Å². The van der Waals surface area contributed by atoms with E-state index in [4.69, 9.17) is 4.74 Å². The van der Waals surface area contributed by atoms with Gasteiger partial charge in [-0.25, -0.2) is 0 Å². The van der Waals surface area contributed by atoms with Crippen LogP contribution >= 0.6 is 15.9 Å². The number of anilines is 1. The van der Waals surface area contributed by atoms with Gasteiger partial charge in [-0.2, -0.15) is 0 Å². The highest BCUT2D eigenvalue weighted by Gasteiger charge is 2.06. The summed E-state index contributed by atoms with van der Waals surface area (Å²) in [4.78, 5) is 22.3. The van der Waals surface area contributed by atoms with Gasteiger partial charge in [-0.05, 0) is 24.6 Å². The van der Waals surface area contributed by atoms with Crippen LogP contribution in [0.1, 0.15) is 18.9 Å². The molecule has 4 nitrogen and oxygen atoms in total. The molecule has 17 heavy (non-hydrogen) atoms. The minimum Gasteiger partial charge on any atom is -0.456 e. The van der Waals surface area contributed by atoms with Crippen LogP contribution in [0, 0.1) is 6.92 Å². The molecule has 0 saturated heterocycles. The predicted molar refractivity (Wildman–Crippen MR) is 68.8 cm³/mol. The highest BCUT2D eigenvalue weighted by molar-refractivity contribution is 9.10. The second kappa shape index (κ2) is 6.39. The molecule has 1 rings (SSSR count). The summed E-state index contributed by atoms with van der Waals surface area (Å²) in [5, 5.41) is 2.64. The number of carbonyl (C=O) groups excluding carboxylic acids is 2. The van der Waals surface area contributed by atoms with E-state index in [9.17, 15) is 9.59 Å². The standard InChI is InChI=1S/C12H14BrNO3/c1-3-12(16)17-7-11(15)14-9-5-4-8(2)10(13)6-9/h4-6H,3,7H2,1-2H3,(H,14,15). The molecular weight excluding hydrogens is 286 g/mol. The highest BCUT2D eigenvalue weighted by atomic mass is 79.9. The van der Waals surface area contributed by atoms with Gasteiger partial charge in [0.15, 0.2) is 6.61 Å². The Bertz CT molecular complexity index is 432. The maximum Gasteiger partial charge on any atom is 0.306 e. The molecule has 0 aliphatic heterocycles. The summed E-state index contributed by atoms with van der Waals surface area (Å²) in [7, 11) is 0. The summed E-state index contributed by atoms with van der Waals surface area (Å²) in [5.41, 5.74) is 1.75. The van der Waals surface area contributed by atoms with Gasteiger partial charge in [0.2, 0.25) is 0 Å². The molecule has 0 aromatic heterocycles. The van der Waals surface area contributed by atoms with E-state index in [0.29, 0.717) is 5.69 Å². The van der Waals surface area contributed by atoms with Gasteiger partial charge in [0, 0.05) is 16.6 Å². The summed E-state index contributed by atoms with van der Waals surface area (Å²) in [6, 6.07) is 5.48. The van der Waals surface area contributed by atoms with Gasteiger partial charge < -0.3 is 10.1 Å². The van der Waals surface area contributed by atoms with Crippen molar-refractivity contribution in [3.05, 3.63) is 28.2 Å². The summed E-state index contributed by atoms with van der Waals surface area (Å²) < 4.78 is 5.63. The van der Waals surface area contributed by atoms with Gasteiger partial charge in [-0.3, -0.25) is 9.59 Å². The molecule has 1 N–H and O–H groups in total. The van der Waals surface area contributed by atoms with Crippen LogP contribution in [-0.2, 0) is 14.3 Å². The van der Waals surface area contributed by atoms with Crippen molar-refractivity contribution in [2.45, 2.75) is 20.3 Å². The monoisotopic (exact) mass is 299 g/mol. The lowest BCUT2D eigenvalue weighted by molar-refractivity contribution is -0.146. The lowest BCUT2D eigenvalue weighted by Crippen LogP contribution is -2.20. The molecule has 0 saturated carbocycles. The SMILES string of the molecule is CCC(=O)OCC(=O)Nc1ccc(C)c(Br)c1. The first kappa shape index (κ1) is 13.7. The maximum absolute atomic E-state index is 11.4. The molecule has 0 bridgehead atoms. The molecule has 5 heteroatoms. The largest absolute Gasteiger partial charge is 0.456 e. The van der Waals surface area contributed by atoms with Crippen LogP contribution in [0.2, 0.25) is 0 Å². The summed E-state index contributed by atoms with van der Waals surface area (Å²) in [5.74, 6) is -0.729. The first-order valence-electron chi connectivity index (χ1n) is 5.24. The normalized spacial score (nSPS) is 9.82. The van der Waals surface area contributed by atoms with Crippen molar-refractivity contribution >= 4 is 33.5 Å². The van der Waals surface area contributed by atoms with Gasteiger partial charge in [0.05, 0.1) is 0 Å². The molecule has 1 aromatic carbocycles. The number of halogens is 1. The fourth-order valence-electron chi connectivity index (χ4n) is 1.12. The minimum atomic E-state index is -0.384. The number of benzene rings is 1. The van der Waals surface area contributed by atoms with Crippen LogP contribution < -0.4 is 5.32 Å². The van der Waals surface area contributed by atoms with Crippen LogP contribution in [0.15, 0.2) is 22.7 Å². The summed E-state index contributed by atoms with van der Waals surface area (Å²) >= 11 is 3.37. The topological polar surface area (TPSA) is 55.4 Å². The van der Waals surface area contributed by atoms with E-state index in [2.05, 4.69) is 21.2 Å². The maximum atomic E-state index is 11.4. The molecule has 1 amide bonds. The van der Waals surface area contributed by atoms with Gasteiger partial charge in [0.25, 0.3) is 5.91 Å². The highest BCUT2D eigenvalue weighted by Crippen LogP contribution is 2.20. The third-order valence-corrected chi connectivity index (χ3v) is 2.96. The molecule has 0 unspecified atom stereocenters. The van der Waals surface area contributed by atoms with Gasteiger partial charge in [-0.15, -0.1) is 0 Å². The van der Waals surface area contributed by atoms with E-state index in [1.54, 1.807) is 19.1 Å². The van der Waals surface area contributed by atoms with Gasteiger partial charge in [0.1, 0.15) is 0 Å². The predicted octanol–water partition coefficient (Wildman–Crippen LogP) is 2.65. The van der Waals surface area contributed by atoms with E-state index in [0.717, 1.165) is 10.0 Å². The third kappa shape index (κ3) is 4.56. The van der Waals surface area contributed by atoms with Crippen molar-refractivity contribution < 1.29 is 14.3 Å². The van der Waals surface area contributed by atoms with Crippen molar-refractivity contribution in [3.8, 4) is 0 Å². The van der Waals surface area contributed by atoms with E-state index in [-0.39, 0.29) is 24.9 Å². The quantitative estimate of drug-likeness (QED) is 0.870. The van der Waals surface area contributed by atoms with Crippen LogP contribution in [0.4, 0.5) is 5.69 Å². The number of amides is 1. The van der Waals surface area contributed by atoms with Crippen molar-refractivity contribution in [2.75, 3.05) is 11.9 Å². The molecule has 0 spiro atoms. The Morgan fingerprint density at radius 1 is 1.41 bits per heavy atom. The third-order valence-electron chi connectivity index (χ3n) is 2.11. The number of aryl methyl sites for hydroxylation is 1. The number of nitrogens with one attached hydrogen (secondary N) is 1. The number of hydrogen-bond donors (Lipinski definition) is 1. The molecule has 0 aliphatic carbocycles. The molecule has 0 atom stereocenters. The number of hydrogen-bond acceptors (Lipinski definition) is 3. The fraction of sp³-hybridized carbons (Fsp3) is 0.333. The molecule has 1 aromatic rings. The average Bonchev–Trinajstić information content (AvgIpc) is 2.31. The summed E-state index contributed by atoms with van der Waals surface area (Å²) in [6.07, 6.45) is 0.267. The Balaban J connectivity index is 2.50. The summed E-state index contributed by atoms with van der Waals surface area (Å²) in [6.45, 7) is 3.38. The minimum absolute atomic E-state index is 0.252. The zero-order chi connectivity index (χ0) is 12.8.